The molecule has 3 aromatic rings. The van der Waals surface area contributed by atoms with Gasteiger partial charge in [-0.25, -0.2) is 13.2 Å². The summed E-state index contributed by atoms with van der Waals surface area (Å²) in [6.07, 6.45) is 0.272. The van der Waals surface area contributed by atoms with Gasteiger partial charge >= 0.3 is 5.97 Å². The van der Waals surface area contributed by atoms with Crippen molar-refractivity contribution in [1.29, 1.82) is 5.26 Å². The quantitative estimate of drug-likeness (QED) is 0.508. The molecule has 9 heteroatoms. The number of carbonyl (C=O) groups excluding carboxylic acids is 2. The van der Waals surface area contributed by atoms with Crippen LogP contribution in [0.25, 0.3) is 0 Å². The molecule has 0 aliphatic rings. The summed E-state index contributed by atoms with van der Waals surface area (Å²) in [4.78, 5) is 24.1. The van der Waals surface area contributed by atoms with E-state index in [-0.39, 0.29) is 16.9 Å². The van der Waals surface area contributed by atoms with E-state index in [1.807, 2.05) is 6.07 Å². The fraction of sp³-hybridized carbons (Fsp3) is 0.0870. The largest absolute Gasteiger partial charge is 0.452 e. The first-order valence-corrected chi connectivity index (χ1v) is 11.0. The van der Waals surface area contributed by atoms with Crippen LogP contribution in [0.15, 0.2) is 83.8 Å². The second-order valence-corrected chi connectivity index (χ2v) is 8.33. The van der Waals surface area contributed by atoms with Crippen molar-refractivity contribution in [1.82, 2.24) is 0 Å². The molecule has 8 nitrogen and oxygen atoms in total. The number of nitrogens with zero attached hydrogens (tertiary/aromatic N) is 1. The minimum Gasteiger partial charge on any atom is -0.452 e. The molecule has 0 fully saturated rings. The van der Waals surface area contributed by atoms with Crippen LogP contribution in [0.4, 0.5) is 11.4 Å². The molecule has 2 N–H and O–H groups in total. The van der Waals surface area contributed by atoms with E-state index < -0.39 is 28.5 Å². The summed E-state index contributed by atoms with van der Waals surface area (Å²) in [5.41, 5.74) is 1.86. The van der Waals surface area contributed by atoms with Crippen LogP contribution in [0.1, 0.15) is 15.9 Å². The van der Waals surface area contributed by atoms with Gasteiger partial charge in [-0.3, -0.25) is 9.52 Å². The maximum atomic E-state index is 12.4. The molecule has 1 amide bonds. The van der Waals surface area contributed by atoms with Crippen molar-refractivity contribution in [3.05, 3.63) is 90.0 Å². The first-order valence-electron chi connectivity index (χ1n) is 9.48. The summed E-state index contributed by atoms with van der Waals surface area (Å²) in [7, 11) is -3.81. The number of esters is 1. The van der Waals surface area contributed by atoms with E-state index >= 15 is 0 Å². The highest BCUT2D eigenvalue weighted by molar-refractivity contribution is 7.92. The van der Waals surface area contributed by atoms with Crippen molar-refractivity contribution in [3.8, 4) is 6.07 Å². The van der Waals surface area contributed by atoms with Crippen molar-refractivity contribution in [2.24, 2.45) is 0 Å². The molecule has 0 aliphatic heterocycles. The highest BCUT2D eigenvalue weighted by Crippen LogP contribution is 2.17. The Bertz CT molecular complexity index is 1230. The summed E-state index contributed by atoms with van der Waals surface area (Å²) in [5, 5.41) is 11.2. The lowest BCUT2D eigenvalue weighted by molar-refractivity contribution is -0.119. The predicted molar refractivity (Wildman–Crippen MR) is 118 cm³/mol. The standard InChI is InChI=1S/C23H19N3O5S/c24-15-14-17-6-10-19(11-7-17)25-22(27)16-31-23(28)18-8-12-21(13-9-18)32(29,30)26-20-4-2-1-3-5-20/h1-13,26H,14,16H2,(H,25,27). The fourth-order valence-corrected chi connectivity index (χ4v) is 3.76. The third-order valence-corrected chi connectivity index (χ3v) is 5.68. The van der Waals surface area contributed by atoms with Gasteiger partial charge in [0.2, 0.25) is 0 Å². The summed E-state index contributed by atoms with van der Waals surface area (Å²) in [6, 6.07) is 22.4. The fourth-order valence-electron chi connectivity index (χ4n) is 2.70. The Morgan fingerprint density at radius 2 is 1.53 bits per heavy atom. The first kappa shape index (κ1) is 22.5. The molecule has 3 aromatic carbocycles. The Kier molecular flexibility index (Phi) is 7.21. The molecule has 0 saturated heterocycles. The van der Waals surface area contributed by atoms with Gasteiger partial charge in [-0.1, -0.05) is 30.3 Å². The van der Waals surface area contributed by atoms with Gasteiger partial charge in [-0.2, -0.15) is 5.26 Å². The number of hydrogen-bond acceptors (Lipinski definition) is 6. The molecule has 0 radical (unpaired) electrons. The van der Waals surface area contributed by atoms with Gasteiger partial charge in [-0.15, -0.1) is 0 Å². The Balaban J connectivity index is 1.54. The van der Waals surface area contributed by atoms with Gasteiger partial charge in [0, 0.05) is 11.4 Å². The molecule has 0 unspecified atom stereocenters. The van der Waals surface area contributed by atoms with Crippen LogP contribution >= 0.6 is 0 Å². The number of anilines is 2. The number of amides is 1. The number of nitrogens with one attached hydrogen (secondary N) is 2. The van der Waals surface area contributed by atoms with Crippen LogP contribution in [0, 0.1) is 11.3 Å². The van der Waals surface area contributed by atoms with Gasteiger partial charge in [0.15, 0.2) is 6.61 Å². The highest BCUT2D eigenvalue weighted by Gasteiger charge is 2.16. The third-order valence-electron chi connectivity index (χ3n) is 4.28. The molecule has 0 saturated carbocycles. The van der Waals surface area contributed by atoms with Crippen LogP contribution in [-0.4, -0.2) is 26.9 Å². The maximum absolute atomic E-state index is 12.4. The van der Waals surface area contributed by atoms with E-state index in [9.17, 15) is 18.0 Å². The minimum absolute atomic E-state index is 0.0181. The number of carbonyl (C=O) groups is 2. The third kappa shape index (κ3) is 6.17. The van der Waals surface area contributed by atoms with E-state index in [1.165, 1.54) is 24.3 Å². The number of hydrogen-bond donors (Lipinski definition) is 2. The Morgan fingerprint density at radius 3 is 2.16 bits per heavy atom. The van der Waals surface area contributed by atoms with Crippen molar-refractivity contribution in [2.45, 2.75) is 11.3 Å². The van der Waals surface area contributed by atoms with E-state index in [1.54, 1.807) is 54.6 Å². The average molecular weight is 449 g/mol. The van der Waals surface area contributed by atoms with Gasteiger partial charge < -0.3 is 10.1 Å². The summed E-state index contributed by atoms with van der Waals surface area (Å²) in [6.45, 7) is -0.506. The average Bonchev–Trinajstić information content (AvgIpc) is 2.79. The predicted octanol–water partition coefficient (Wildman–Crippen LogP) is 3.35. The number of rotatable bonds is 8. The molecular weight excluding hydrogens is 430 g/mol. The van der Waals surface area contributed by atoms with Gasteiger partial charge in [-0.05, 0) is 54.1 Å². The lowest BCUT2D eigenvalue weighted by Crippen LogP contribution is -2.21. The van der Waals surface area contributed by atoms with Crippen molar-refractivity contribution < 1.29 is 22.7 Å². The number of nitriles is 1. The molecule has 0 heterocycles. The molecular formula is C23H19N3O5S. The Hall–Kier alpha value is -4.16. The lowest BCUT2D eigenvalue weighted by atomic mass is 10.1. The van der Waals surface area contributed by atoms with E-state index in [0.717, 1.165) is 5.56 Å². The van der Waals surface area contributed by atoms with Crippen LogP contribution in [0.5, 0.6) is 0 Å². The van der Waals surface area contributed by atoms with Crippen LogP contribution in [0.2, 0.25) is 0 Å². The second-order valence-electron chi connectivity index (χ2n) is 6.65. The molecule has 0 aromatic heterocycles. The smallest absolute Gasteiger partial charge is 0.338 e. The van der Waals surface area contributed by atoms with Crippen LogP contribution in [-0.2, 0) is 26.0 Å². The lowest BCUT2D eigenvalue weighted by Gasteiger charge is -2.09. The number of para-hydroxylation sites is 1. The zero-order valence-electron chi connectivity index (χ0n) is 16.8. The van der Waals surface area contributed by atoms with Crippen molar-refractivity contribution in [3.63, 3.8) is 0 Å². The monoisotopic (exact) mass is 449 g/mol. The normalized spacial score (nSPS) is 10.6. The maximum Gasteiger partial charge on any atom is 0.338 e. The Morgan fingerprint density at radius 1 is 0.875 bits per heavy atom. The van der Waals surface area contributed by atoms with Gasteiger partial charge in [0.1, 0.15) is 0 Å². The van der Waals surface area contributed by atoms with Crippen molar-refractivity contribution >= 4 is 33.3 Å². The van der Waals surface area contributed by atoms with E-state index in [2.05, 4.69) is 10.0 Å². The van der Waals surface area contributed by atoms with Gasteiger partial charge in [0.05, 0.1) is 22.9 Å². The van der Waals surface area contributed by atoms with Gasteiger partial charge in [0.25, 0.3) is 15.9 Å². The zero-order chi connectivity index (χ0) is 23.0. The summed E-state index contributed by atoms with van der Waals surface area (Å²) >= 11 is 0. The highest BCUT2D eigenvalue weighted by atomic mass is 32.2. The van der Waals surface area contributed by atoms with Crippen molar-refractivity contribution in [2.75, 3.05) is 16.6 Å². The molecule has 0 aliphatic carbocycles. The number of sulfonamides is 1. The second kappa shape index (κ2) is 10.2. The number of ether oxygens (including phenoxy) is 1. The summed E-state index contributed by atoms with van der Waals surface area (Å²) in [5.74, 6) is -1.29. The van der Waals surface area contributed by atoms with E-state index in [4.69, 9.17) is 10.00 Å². The first-order chi connectivity index (χ1) is 15.4. The molecule has 0 bridgehead atoms. The van der Waals surface area contributed by atoms with Crippen LogP contribution in [0.3, 0.4) is 0 Å². The summed E-state index contributed by atoms with van der Waals surface area (Å²) < 4.78 is 32.3. The Labute approximate surface area is 185 Å². The number of benzene rings is 3. The zero-order valence-corrected chi connectivity index (χ0v) is 17.6. The molecule has 32 heavy (non-hydrogen) atoms. The molecule has 0 spiro atoms. The molecule has 0 atom stereocenters. The van der Waals surface area contributed by atoms with E-state index in [0.29, 0.717) is 11.4 Å². The van der Waals surface area contributed by atoms with Crippen LogP contribution < -0.4 is 10.0 Å². The minimum atomic E-state index is -3.81. The molecule has 162 valence electrons. The SMILES string of the molecule is N#CCc1ccc(NC(=O)COC(=O)c2ccc(S(=O)(=O)Nc3ccccc3)cc2)cc1. The molecule has 3 rings (SSSR count). The topological polar surface area (TPSA) is 125 Å².